The summed E-state index contributed by atoms with van der Waals surface area (Å²) in [5.41, 5.74) is 8.07. The molecule has 0 spiro atoms. The maximum Gasteiger partial charge on any atom is 0.318 e. The van der Waals surface area contributed by atoms with Crippen molar-refractivity contribution in [3.63, 3.8) is 0 Å². The molecule has 3 amide bonds. The van der Waals surface area contributed by atoms with Crippen LogP contribution >= 0.6 is 11.3 Å². The van der Waals surface area contributed by atoms with E-state index in [0.29, 0.717) is 17.7 Å². The van der Waals surface area contributed by atoms with Gasteiger partial charge >= 0.3 is 6.03 Å². The van der Waals surface area contributed by atoms with Crippen molar-refractivity contribution in [2.24, 2.45) is 22.7 Å². The Morgan fingerprint density at radius 3 is 2.33 bits per heavy atom. The molecule has 0 bridgehead atoms. The summed E-state index contributed by atoms with van der Waals surface area (Å²) in [6.45, 7) is 5.77. The van der Waals surface area contributed by atoms with Gasteiger partial charge in [-0.15, -0.1) is 11.3 Å². The van der Waals surface area contributed by atoms with Crippen molar-refractivity contribution in [2.75, 3.05) is 20.1 Å². The SMILES string of the molecule is CC[C@H](C)[C@H](NC(=O)N(C)Cc1csc([C@H](C)N)n1)C(=O)N[C@@H](Cc1ccccc1)[C@H](O)CN(CC1CCCC1)S(=O)(=O)c1ccc(CN=O)cc1. The fraction of sp³-hybridized carbons (Fsp3) is 0.541. The average Bonchev–Trinajstić information content (AvgIpc) is 3.83. The van der Waals surface area contributed by atoms with Crippen LogP contribution in [0.1, 0.15) is 80.7 Å². The molecular formula is C37H53N7O6S2. The normalized spacial score (nSPS) is 16.5. The molecule has 1 aliphatic carbocycles. The predicted molar refractivity (Wildman–Crippen MR) is 203 cm³/mol. The maximum absolute atomic E-state index is 14.1. The molecule has 2 aromatic carbocycles. The van der Waals surface area contributed by atoms with Gasteiger partial charge in [-0.05, 0) is 61.3 Å². The quantitative estimate of drug-likeness (QED) is 0.124. The van der Waals surface area contributed by atoms with Crippen molar-refractivity contribution >= 4 is 33.3 Å². The summed E-state index contributed by atoms with van der Waals surface area (Å²) >= 11 is 1.43. The van der Waals surface area contributed by atoms with Gasteiger partial charge in [0.15, 0.2) is 0 Å². The van der Waals surface area contributed by atoms with Crippen LogP contribution in [0.3, 0.4) is 0 Å². The van der Waals surface area contributed by atoms with Crippen molar-refractivity contribution < 1.29 is 23.1 Å². The van der Waals surface area contributed by atoms with Gasteiger partial charge in [0.25, 0.3) is 0 Å². The Morgan fingerprint density at radius 2 is 1.73 bits per heavy atom. The number of nitroso groups, excluding NO2 is 1. The monoisotopic (exact) mass is 755 g/mol. The molecule has 0 saturated heterocycles. The van der Waals surface area contributed by atoms with Crippen LogP contribution in [-0.2, 0) is 34.3 Å². The van der Waals surface area contributed by atoms with Gasteiger partial charge in [0.05, 0.1) is 35.3 Å². The molecule has 5 N–H and O–H groups in total. The number of benzene rings is 2. The number of aliphatic hydroxyl groups is 1. The lowest BCUT2D eigenvalue weighted by atomic mass is 9.96. The second-order valence-corrected chi connectivity index (χ2v) is 16.7. The highest BCUT2D eigenvalue weighted by atomic mass is 32.2. The summed E-state index contributed by atoms with van der Waals surface area (Å²) in [6, 6.07) is 12.9. The van der Waals surface area contributed by atoms with Gasteiger partial charge in [-0.1, -0.05) is 80.8 Å². The number of thiazole rings is 1. The van der Waals surface area contributed by atoms with E-state index in [-0.39, 0.29) is 55.4 Å². The second-order valence-electron chi connectivity index (χ2n) is 13.9. The summed E-state index contributed by atoms with van der Waals surface area (Å²) in [5.74, 6) is -0.597. The van der Waals surface area contributed by atoms with Gasteiger partial charge in [-0.25, -0.2) is 18.2 Å². The highest BCUT2D eigenvalue weighted by molar-refractivity contribution is 7.89. The number of hydrogen-bond acceptors (Lipinski definition) is 10. The molecule has 15 heteroatoms. The van der Waals surface area contributed by atoms with Crippen LogP contribution in [0.5, 0.6) is 0 Å². The number of aliphatic hydroxyl groups excluding tert-OH is 1. The van der Waals surface area contributed by atoms with E-state index >= 15 is 0 Å². The molecule has 4 rings (SSSR count). The Morgan fingerprint density at radius 1 is 1.06 bits per heavy atom. The van der Waals surface area contributed by atoms with E-state index in [4.69, 9.17) is 5.73 Å². The van der Waals surface area contributed by atoms with Crippen molar-refractivity contribution in [1.29, 1.82) is 0 Å². The van der Waals surface area contributed by atoms with Gasteiger partial charge in [0, 0.05) is 25.5 Å². The molecule has 13 nitrogen and oxygen atoms in total. The zero-order chi connectivity index (χ0) is 37.8. The third kappa shape index (κ3) is 11.4. The van der Waals surface area contributed by atoms with E-state index in [2.05, 4.69) is 20.8 Å². The number of aromatic nitrogens is 1. The van der Waals surface area contributed by atoms with Crippen LogP contribution < -0.4 is 16.4 Å². The molecule has 1 saturated carbocycles. The van der Waals surface area contributed by atoms with Gasteiger partial charge in [-0.3, -0.25) is 4.79 Å². The number of urea groups is 1. The number of carbonyl (C=O) groups is 2. The lowest BCUT2D eigenvalue weighted by molar-refractivity contribution is -0.125. The van der Waals surface area contributed by atoms with Crippen LogP contribution in [0.4, 0.5) is 4.79 Å². The van der Waals surface area contributed by atoms with E-state index in [1.807, 2.05) is 56.5 Å². The molecule has 284 valence electrons. The van der Waals surface area contributed by atoms with Crippen LogP contribution in [0.2, 0.25) is 0 Å². The Hall–Kier alpha value is -3.76. The van der Waals surface area contributed by atoms with Gasteiger partial charge in [0.1, 0.15) is 17.6 Å². The van der Waals surface area contributed by atoms with E-state index in [1.165, 1.54) is 32.7 Å². The molecule has 0 radical (unpaired) electrons. The number of sulfonamides is 1. The van der Waals surface area contributed by atoms with Crippen molar-refractivity contribution in [3.05, 3.63) is 86.7 Å². The number of nitrogens with zero attached hydrogens (tertiary/aromatic N) is 4. The largest absolute Gasteiger partial charge is 0.390 e. The average molecular weight is 756 g/mol. The number of rotatable bonds is 19. The molecule has 1 aromatic heterocycles. The van der Waals surface area contributed by atoms with E-state index in [0.717, 1.165) is 36.3 Å². The summed E-state index contributed by atoms with van der Waals surface area (Å²) < 4.78 is 29.5. The first-order valence-electron chi connectivity index (χ1n) is 17.9. The standard InChI is InChI=1S/C37H53N7O6S2/c1-5-25(2)34(42-37(47)43(4)22-30-24-51-36(40-30)26(3)38)35(46)41-32(19-27-11-7-6-8-12-27)33(45)23-44(21-29-13-9-10-14-29)52(49,50)31-17-15-28(16-18-31)20-39-48/h6-8,11-12,15-18,24-26,29,32-34,45H,5,9-10,13-14,19-23,38H2,1-4H3,(H,41,46)(H,42,47)/t25-,26-,32-,33+,34-/m0/s1. The minimum absolute atomic E-state index is 0.0473. The Bertz CT molecular complexity index is 1700. The topological polar surface area (TPSA) is 187 Å². The minimum atomic E-state index is -4.06. The van der Waals surface area contributed by atoms with Crippen LogP contribution in [-0.4, -0.2) is 78.0 Å². The lowest BCUT2D eigenvalue weighted by Gasteiger charge is -2.33. The summed E-state index contributed by atoms with van der Waals surface area (Å²) in [4.78, 5) is 44.2. The first-order chi connectivity index (χ1) is 24.8. The molecule has 0 unspecified atom stereocenters. The molecule has 1 aliphatic rings. The fourth-order valence-corrected chi connectivity index (χ4v) is 8.67. The zero-order valence-corrected chi connectivity index (χ0v) is 32.1. The Kier molecular flexibility index (Phi) is 15.3. The predicted octanol–water partition coefficient (Wildman–Crippen LogP) is 4.95. The highest BCUT2D eigenvalue weighted by Crippen LogP contribution is 2.28. The number of amides is 3. The van der Waals surface area contributed by atoms with Gasteiger partial charge < -0.3 is 26.4 Å². The molecular weight excluding hydrogens is 703 g/mol. The Balaban J connectivity index is 1.56. The lowest BCUT2D eigenvalue weighted by Crippen LogP contribution is -2.58. The first-order valence-corrected chi connectivity index (χ1v) is 20.3. The number of carbonyl (C=O) groups excluding carboxylic acids is 2. The third-order valence-electron chi connectivity index (χ3n) is 9.71. The highest BCUT2D eigenvalue weighted by Gasteiger charge is 2.35. The summed E-state index contributed by atoms with van der Waals surface area (Å²) in [7, 11) is -2.44. The molecule has 52 heavy (non-hydrogen) atoms. The maximum atomic E-state index is 14.1. The number of nitrogens with two attached hydrogens (primary N) is 1. The number of nitrogens with one attached hydrogen (secondary N) is 2. The third-order valence-corrected chi connectivity index (χ3v) is 12.6. The van der Waals surface area contributed by atoms with Crippen molar-refractivity contribution in [2.45, 2.75) is 102 Å². The van der Waals surface area contributed by atoms with Crippen molar-refractivity contribution in [3.8, 4) is 0 Å². The van der Waals surface area contributed by atoms with Crippen LogP contribution in [0.15, 0.2) is 70.0 Å². The fourth-order valence-electron chi connectivity index (χ4n) is 6.37. The number of hydrogen-bond donors (Lipinski definition) is 4. The van der Waals surface area contributed by atoms with E-state index in [1.54, 1.807) is 19.2 Å². The first kappa shape index (κ1) is 41.0. The van der Waals surface area contributed by atoms with E-state index in [9.17, 15) is 28.0 Å². The molecule has 0 aliphatic heterocycles. The summed E-state index contributed by atoms with van der Waals surface area (Å²) in [5, 5.41) is 23.2. The van der Waals surface area contributed by atoms with Crippen LogP contribution in [0, 0.1) is 16.7 Å². The van der Waals surface area contributed by atoms with Gasteiger partial charge in [0.2, 0.25) is 15.9 Å². The Labute approximate surface area is 311 Å². The van der Waals surface area contributed by atoms with Crippen molar-refractivity contribution in [1.82, 2.24) is 24.8 Å². The second kappa shape index (κ2) is 19.4. The zero-order valence-electron chi connectivity index (χ0n) is 30.5. The van der Waals surface area contributed by atoms with E-state index < -0.39 is 40.1 Å². The molecule has 5 atom stereocenters. The molecule has 3 aromatic rings. The molecule has 1 fully saturated rings. The smallest absolute Gasteiger partial charge is 0.318 e. The minimum Gasteiger partial charge on any atom is -0.390 e. The van der Waals surface area contributed by atoms with Gasteiger partial charge in [-0.2, -0.15) is 9.21 Å². The summed E-state index contributed by atoms with van der Waals surface area (Å²) in [6.07, 6.45) is 3.32. The van der Waals surface area contributed by atoms with Crippen LogP contribution in [0.25, 0.3) is 0 Å². The molecule has 1 heterocycles.